The fourth-order valence-corrected chi connectivity index (χ4v) is 2.56. The molecule has 3 nitrogen and oxygen atoms in total. The number of carboxylic acids is 1. The lowest BCUT2D eigenvalue weighted by molar-refractivity contribution is 0.0699. The van der Waals surface area contributed by atoms with Gasteiger partial charge >= 0.3 is 5.97 Å². The van der Waals surface area contributed by atoms with Gasteiger partial charge in [0.25, 0.3) is 0 Å². The highest BCUT2D eigenvalue weighted by Gasteiger charge is 2.12. The second kappa shape index (κ2) is 5.23. The van der Waals surface area contributed by atoms with Gasteiger partial charge in [0.2, 0.25) is 0 Å². The number of thiophene rings is 1. The SMILES string of the molecule is Cc1cccc(C)c1OCc1ccsc1C(=O)O. The quantitative estimate of drug-likeness (QED) is 0.915. The van der Waals surface area contributed by atoms with Gasteiger partial charge < -0.3 is 9.84 Å². The second-order valence-electron chi connectivity index (χ2n) is 4.09. The van der Waals surface area contributed by atoms with Crippen molar-refractivity contribution in [3.8, 4) is 5.75 Å². The molecule has 2 rings (SSSR count). The Morgan fingerprint density at radius 3 is 2.56 bits per heavy atom. The number of aryl methyl sites for hydroxylation is 2. The maximum Gasteiger partial charge on any atom is 0.346 e. The fourth-order valence-electron chi connectivity index (χ4n) is 1.81. The van der Waals surface area contributed by atoms with Gasteiger partial charge in [-0.25, -0.2) is 4.79 Å². The summed E-state index contributed by atoms with van der Waals surface area (Å²) in [5, 5.41) is 10.8. The van der Waals surface area contributed by atoms with E-state index in [1.807, 2.05) is 32.0 Å². The minimum Gasteiger partial charge on any atom is -0.488 e. The summed E-state index contributed by atoms with van der Waals surface area (Å²) in [7, 11) is 0. The van der Waals surface area contributed by atoms with E-state index in [-0.39, 0.29) is 6.61 Å². The van der Waals surface area contributed by atoms with E-state index < -0.39 is 5.97 Å². The average molecular weight is 262 g/mol. The van der Waals surface area contributed by atoms with Gasteiger partial charge in [-0.05, 0) is 36.4 Å². The van der Waals surface area contributed by atoms with Crippen LogP contribution >= 0.6 is 11.3 Å². The van der Waals surface area contributed by atoms with Crippen molar-refractivity contribution >= 4 is 17.3 Å². The molecule has 0 aliphatic carbocycles. The summed E-state index contributed by atoms with van der Waals surface area (Å²) in [4.78, 5) is 11.3. The third-order valence-corrected chi connectivity index (χ3v) is 3.67. The van der Waals surface area contributed by atoms with Gasteiger partial charge in [-0.15, -0.1) is 11.3 Å². The van der Waals surface area contributed by atoms with Crippen LogP contribution in [0.15, 0.2) is 29.6 Å². The van der Waals surface area contributed by atoms with Gasteiger partial charge in [-0.1, -0.05) is 18.2 Å². The molecule has 0 radical (unpaired) electrons. The van der Waals surface area contributed by atoms with Crippen molar-refractivity contribution in [3.05, 3.63) is 51.2 Å². The maximum atomic E-state index is 11.0. The molecule has 1 aromatic carbocycles. The van der Waals surface area contributed by atoms with E-state index in [4.69, 9.17) is 9.84 Å². The van der Waals surface area contributed by atoms with Crippen LogP contribution in [0.5, 0.6) is 5.75 Å². The van der Waals surface area contributed by atoms with Crippen molar-refractivity contribution in [2.24, 2.45) is 0 Å². The summed E-state index contributed by atoms with van der Waals surface area (Å²) in [6.07, 6.45) is 0. The third kappa shape index (κ3) is 2.54. The molecular formula is C14H14O3S. The summed E-state index contributed by atoms with van der Waals surface area (Å²) in [5.41, 5.74) is 2.83. The van der Waals surface area contributed by atoms with Crippen molar-refractivity contribution in [3.63, 3.8) is 0 Å². The summed E-state index contributed by atoms with van der Waals surface area (Å²) < 4.78 is 5.75. The Balaban J connectivity index is 2.17. The highest BCUT2D eigenvalue weighted by molar-refractivity contribution is 7.12. The monoisotopic (exact) mass is 262 g/mol. The zero-order chi connectivity index (χ0) is 13.1. The van der Waals surface area contributed by atoms with Gasteiger partial charge in [0.1, 0.15) is 17.2 Å². The Hall–Kier alpha value is -1.81. The van der Waals surface area contributed by atoms with Crippen molar-refractivity contribution in [1.82, 2.24) is 0 Å². The molecule has 1 aromatic heterocycles. The maximum absolute atomic E-state index is 11.0. The van der Waals surface area contributed by atoms with E-state index in [0.717, 1.165) is 22.4 Å². The Bertz CT molecular complexity index is 552. The number of hydrogen-bond donors (Lipinski definition) is 1. The molecule has 0 saturated heterocycles. The van der Waals surface area contributed by atoms with Crippen LogP contribution in [0.4, 0.5) is 0 Å². The van der Waals surface area contributed by atoms with Crippen molar-refractivity contribution in [2.45, 2.75) is 20.5 Å². The molecule has 2 aromatic rings. The van der Waals surface area contributed by atoms with Crippen LogP contribution in [-0.4, -0.2) is 11.1 Å². The first kappa shape index (κ1) is 12.6. The molecule has 4 heteroatoms. The highest BCUT2D eigenvalue weighted by atomic mass is 32.1. The first-order valence-electron chi connectivity index (χ1n) is 5.58. The van der Waals surface area contributed by atoms with E-state index in [2.05, 4.69) is 0 Å². The van der Waals surface area contributed by atoms with Crippen LogP contribution < -0.4 is 4.74 Å². The standard InChI is InChI=1S/C14H14O3S/c1-9-4-3-5-10(2)12(9)17-8-11-6-7-18-13(11)14(15)16/h3-7H,8H2,1-2H3,(H,15,16). The minimum absolute atomic E-state index is 0.289. The van der Waals surface area contributed by atoms with Crippen LogP contribution in [0, 0.1) is 13.8 Å². The number of ether oxygens (including phenoxy) is 1. The molecule has 0 bridgehead atoms. The number of aromatic carboxylic acids is 1. The molecule has 1 N–H and O–H groups in total. The largest absolute Gasteiger partial charge is 0.488 e. The topological polar surface area (TPSA) is 46.5 Å². The van der Waals surface area contributed by atoms with Crippen LogP contribution in [0.1, 0.15) is 26.4 Å². The van der Waals surface area contributed by atoms with E-state index >= 15 is 0 Å². The van der Waals surface area contributed by atoms with Gasteiger partial charge in [-0.3, -0.25) is 0 Å². The normalized spacial score (nSPS) is 10.3. The van der Waals surface area contributed by atoms with Crippen molar-refractivity contribution in [1.29, 1.82) is 0 Å². The molecule has 0 saturated carbocycles. The zero-order valence-corrected chi connectivity index (χ0v) is 11.1. The number of para-hydroxylation sites is 1. The van der Waals surface area contributed by atoms with Gasteiger partial charge in [0, 0.05) is 5.56 Å². The Labute approximate surface area is 110 Å². The Morgan fingerprint density at radius 1 is 1.28 bits per heavy atom. The summed E-state index contributed by atoms with van der Waals surface area (Å²) >= 11 is 1.22. The predicted molar refractivity (Wildman–Crippen MR) is 71.5 cm³/mol. The van der Waals surface area contributed by atoms with Crippen LogP contribution in [0.25, 0.3) is 0 Å². The molecule has 0 aliphatic heterocycles. The molecule has 0 amide bonds. The molecule has 0 fully saturated rings. The van der Waals surface area contributed by atoms with Crippen LogP contribution in [0.3, 0.4) is 0 Å². The molecule has 0 spiro atoms. The van der Waals surface area contributed by atoms with E-state index in [1.54, 1.807) is 11.4 Å². The third-order valence-electron chi connectivity index (χ3n) is 2.72. The van der Waals surface area contributed by atoms with Gasteiger partial charge in [0.15, 0.2) is 0 Å². The Kier molecular flexibility index (Phi) is 3.67. The summed E-state index contributed by atoms with van der Waals surface area (Å²) in [6, 6.07) is 7.73. The summed E-state index contributed by atoms with van der Waals surface area (Å²) in [6.45, 7) is 4.25. The molecule has 94 valence electrons. The van der Waals surface area contributed by atoms with Gasteiger partial charge in [-0.2, -0.15) is 0 Å². The molecule has 0 unspecified atom stereocenters. The highest BCUT2D eigenvalue weighted by Crippen LogP contribution is 2.25. The van der Waals surface area contributed by atoms with E-state index in [1.165, 1.54) is 11.3 Å². The molecule has 18 heavy (non-hydrogen) atoms. The van der Waals surface area contributed by atoms with Crippen LogP contribution in [0.2, 0.25) is 0 Å². The number of rotatable bonds is 4. The lowest BCUT2D eigenvalue weighted by Crippen LogP contribution is -2.03. The lowest BCUT2D eigenvalue weighted by atomic mass is 10.1. The number of carbonyl (C=O) groups is 1. The lowest BCUT2D eigenvalue weighted by Gasteiger charge is -2.11. The van der Waals surface area contributed by atoms with Gasteiger partial charge in [0.05, 0.1) is 0 Å². The number of carboxylic acid groups (broad SMARTS) is 1. The molecule has 1 heterocycles. The molecular weight excluding hydrogens is 248 g/mol. The summed E-state index contributed by atoms with van der Waals surface area (Å²) in [5.74, 6) is -0.0647. The first-order chi connectivity index (χ1) is 8.59. The average Bonchev–Trinajstić information content (AvgIpc) is 2.76. The number of benzene rings is 1. The molecule has 0 atom stereocenters. The van der Waals surface area contributed by atoms with Crippen molar-refractivity contribution < 1.29 is 14.6 Å². The van der Waals surface area contributed by atoms with E-state index in [9.17, 15) is 4.79 Å². The predicted octanol–water partition coefficient (Wildman–Crippen LogP) is 3.64. The second-order valence-corrected chi connectivity index (χ2v) is 5.01. The van der Waals surface area contributed by atoms with Crippen LogP contribution in [-0.2, 0) is 6.61 Å². The zero-order valence-electron chi connectivity index (χ0n) is 10.3. The Morgan fingerprint density at radius 2 is 1.94 bits per heavy atom. The smallest absolute Gasteiger partial charge is 0.346 e. The molecule has 0 aliphatic rings. The number of hydrogen-bond acceptors (Lipinski definition) is 3. The fraction of sp³-hybridized carbons (Fsp3) is 0.214. The van der Waals surface area contributed by atoms with E-state index in [0.29, 0.717) is 4.88 Å². The first-order valence-corrected chi connectivity index (χ1v) is 6.46. The van der Waals surface area contributed by atoms with Crippen molar-refractivity contribution in [2.75, 3.05) is 0 Å². The minimum atomic E-state index is -0.898.